The molecule has 0 radical (unpaired) electrons. The minimum absolute atomic E-state index is 0.148. The van der Waals surface area contributed by atoms with E-state index >= 15 is 0 Å². The number of nitrogens with zero attached hydrogens (tertiary/aromatic N) is 1. The second-order valence-corrected chi connectivity index (χ2v) is 5.04. The molecule has 1 heterocycles. The van der Waals surface area contributed by atoms with Crippen LogP contribution in [0.5, 0.6) is 0 Å². The Morgan fingerprint density at radius 1 is 1.41 bits per heavy atom. The third-order valence-electron chi connectivity index (χ3n) is 2.24. The molecule has 1 aromatic heterocycles. The van der Waals surface area contributed by atoms with Crippen molar-refractivity contribution >= 4 is 40.2 Å². The first-order valence-electron chi connectivity index (χ1n) is 5.05. The van der Waals surface area contributed by atoms with Crippen LogP contribution in [0.3, 0.4) is 0 Å². The summed E-state index contributed by atoms with van der Waals surface area (Å²) >= 11 is 7.45. The first-order valence-corrected chi connectivity index (χ1v) is 6.42. The van der Waals surface area contributed by atoms with Crippen molar-refractivity contribution in [2.24, 2.45) is 0 Å². The van der Waals surface area contributed by atoms with Gasteiger partial charge in [0.25, 0.3) is 0 Å². The van der Waals surface area contributed by atoms with Crippen LogP contribution in [0.15, 0.2) is 35.4 Å². The Morgan fingerprint density at radius 2 is 2.24 bits per heavy atom. The standard InChI is InChI=1S/C12H10ClNO2S/c13-8-1-2-10-9(7-8)11(3-5-14-10)17-6-4-12(15)16/h1-3,5,7H,4,6H2,(H,15,16). The van der Waals surface area contributed by atoms with Gasteiger partial charge in [0.1, 0.15) is 0 Å². The van der Waals surface area contributed by atoms with Crippen LogP contribution < -0.4 is 0 Å². The van der Waals surface area contributed by atoms with E-state index in [1.165, 1.54) is 11.8 Å². The smallest absolute Gasteiger partial charge is 0.304 e. The maximum Gasteiger partial charge on any atom is 0.304 e. The molecule has 0 aliphatic heterocycles. The van der Waals surface area contributed by atoms with Crippen LogP contribution in [0.4, 0.5) is 0 Å². The molecule has 0 aliphatic rings. The summed E-state index contributed by atoms with van der Waals surface area (Å²) in [5, 5.41) is 10.2. The molecule has 2 rings (SSSR count). The molecule has 3 nitrogen and oxygen atoms in total. The molecule has 88 valence electrons. The van der Waals surface area contributed by atoms with Gasteiger partial charge >= 0.3 is 5.97 Å². The average Bonchev–Trinajstić information content (AvgIpc) is 2.29. The van der Waals surface area contributed by atoms with Crippen LogP contribution in [0, 0.1) is 0 Å². The summed E-state index contributed by atoms with van der Waals surface area (Å²) in [4.78, 5) is 15.7. The number of benzene rings is 1. The number of thioether (sulfide) groups is 1. The van der Waals surface area contributed by atoms with Crippen molar-refractivity contribution in [3.05, 3.63) is 35.5 Å². The summed E-state index contributed by atoms with van der Waals surface area (Å²) in [7, 11) is 0. The zero-order valence-corrected chi connectivity index (χ0v) is 10.5. The number of fused-ring (bicyclic) bond motifs is 1. The zero-order valence-electron chi connectivity index (χ0n) is 8.89. The van der Waals surface area contributed by atoms with Crippen molar-refractivity contribution < 1.29 is 9.90 Å². The topological polar surface area (TPSA) is 50.2 Å². The SMILES string of the molecule is O=C(O)CCSc1ccnc2ccc(Cl)cc12. The average molecular weight is 268 g/mol. The Hall–Kier alpha value is -1.26. The Bertz CT molecular complexity index is 559. The molecule has 0 spiro atoms. The van der Waals surface area contributed by atoms with E-state index in [2.05, 4.69) is 4.98 Å². The fourth-order valence-electron chi connectivity index (χ4n) is 1.47. The highest BCUT2D eigenvalue weighted by Crippen LogP contribution is 2.28. The number of rotatable bonds is 4. The highest BCUT2D eigenvalue weighted by atomic mass is 35.5. The van der Waals surface area contributed by atoms with Crippen molar-refractivity contribution in [1.82, 2.24) is 4.98 Å². The number of aliphatic carboxylic acids is 1. The number of carbonyl (C=O) groups is 1. The fraction of sp³-hybridized carbons (Fsp3) is 0.167. The van der Waals surface area contributed by atoms with Crippen LogP contribution in [-0.2, 0) is 4.79 Å². The predicted octanol–water partition coefficient (Wildman–Crippen LogP) is 3.46. The first kappa shape index (κ1) is 12.2. The van der Waals surface area contributed by atoms with Crippen LogP contribution >= 0.6 is 23.4 Å². The quantitative estimate of drug-likeness (QED) is 0.862. The summed E-state index contributed by atoms with van der Waals surface area (Å²) in [5.74, 6) is -0.241. The summed E-state index contributed by atoms with van der Waals surface area (Å²) in [6.07, 6.45) is 1.87. The lowest BCUT2D eigenvalue weighted by atomic mass is 10.2. The highest BCUT2D eigenvalue weighted by Gasteiger charge is 2.04. The van der Waals surface area contributed by atoms with Crippen molar-refractivity contribution in [3.63, 3.8) is 0 Å². The number of halogens is 1. The maximum absolute atomic E-state index is 10.5. The van der Waals surface area contributed by atoms with Gasteiger partial charge in [-0.15, -0.1) is 11.8 Å². The molecular weight excluding hydrogens is 258 g/mol. The maximum atomic E-state index is 10.5. The minimum atomic E-state index is -0.783. The number of aromatic nitrogens is 1. The number of carboxylic acid groups (broad SMARTS) is 1. The van der Waals surface area contributed by atoms with Gasteiger partial charge < -0.3 is 5.11 Å². The molecule has 5 heteroatoms. The fourth-order valence-corrected chi connectivity index (χ4v) is 2.61. The minimum Gasteiger partial charge on any atom is -0.481 e. The van der Waals surface area contributed by atoms with Gasteiger partial charge in [0.2, 0.25) is 0 Å². The van der Waals surface area contributed by atoms with Crippen molar-refractivity contribution in [2.75, 3.05) is 5.75 Å². The third-order valence-corrected chi connectivity index (χ3v) is 3.55. The number of pyridine rings is 1. The number of carboxylic acids is 1. The van der Waals surface area contributed by atoms with E-state index in [0.29, 0.717) is 10.8 Å². The van der Waals surface area contributed by atoms with Crippen LogP contribution in [0.25, 0.3) is 10.9 Å². The third kappa shape index (κ3) is 3.11. The molecule has 2 aromatic rings. The van der Waals surface area contributed by atoms with Gasteiger partial charge in [-0.2, -0.15) is 0 Å². The molecule has 0 saturated heterocycles. The van der Waals surface area contributed by atoms with E-state index in [4.69, 9.17) is 16.7 Å². The zero-order chi connectivity index (χ0) is 12.3. The lowest BCUT2D eigenvalue weighted by molar-refractivity contribution is -0.136. The second kappa shape index (κ2) is 5.38. The van der Waals surface area contributed by atoms with Gasteiger partial charge in [-0.25, -0.2) is 0 Å². The molecular formula is C12H10ClNO2S. The molecule has 0 bridgehead atoms. The Labute approximate surface area is 108 Å². The number of hydrogen-bond acceptors (Lipinski definition) is 3. The Morgan fingerprint density at radius 3 is 3.00 bits per heavy atom. The monoisotopic (exact) mass is 267 g/mol. The Balaban J connectivity index is 2.27. The summed E-state index contributed by atoms with van der Waals surface area (Å²) in [6, 6.07) is 7.39. The lowest BCUT2D eigenvalue weighted by Gasteiger charge is -2.05. The lowest BCUT2D eigenvalue weighted by Crippen LogP contribution is -1.95. The molecule has 0 unspecified atom stereocenters. The van der Waals surface area contributed by atoms with Gasteiger partial charge in [0, 0.05) is 27.3 Å². The van der Waals surface area contributed by atoms with E-state index in [1.54, 1.807) is 12.3 Å². The molecule has 1 aromatic carbocycles. The molecule has 0 saturated carbocycles. The Kier molecular flexibility index (Phi) is 3.86. The normalized spacial score (nSPS) is 10.6. The molecule has 0 fully saturated rings. The van der Waals surface area contributed by atoms with Gasteiger partial charge in [-0.05, 0) is 24.3 Å². The van der Waals surface area contributed by atoms with Crippen molar-refractivity contribution in [2.45, 2.75) is 11.3 Å². The van der Waals surface area contributed by atoms with Crippen molar-refractivity contribution in [3.8, 4) is 0 Å². The van der Waals surface area contributed by atoms with Gasteiger partial charge in [-0.1, -0.05) is 11.6 Å². The number of hydrogen-bond donors (Lipinski definition) is 1. The summed E-state index contributed by atoms with van der Waals surface area (Å²) in [5.41, 5.74) is 0.870. The van der Waals surface area contributed by atoms with Gasteiger partial charge in [0.05, 0.1) is 11.9 Å². The van der Waals surface area contributed by atoms with Crippen LogP contribution in [0.2, 0.25) is 5.02 Å². The van der Waals surface area contributed by atoms with Crippen LogP contribution in [0.1, 0.15) is 6.42 Å². The van der Waals surface area contributed by atoms with Gasteiger partial charge in [0.15, 0.2) is 0 Å². The summed E-state index contributed by atoms with van der Waals surface area (Å²) < 4.78 is 0. The molecule has 0 aliphatic carbocycles. The predicted molar refractivity (Wildman–Crippen MR) is 69.7 cm³/mol. The van der Waals surface area contributed by atoms with Crippen molar-refractivity contribution in [1.29, 1.82) is 0 Å². The van der Waals surface area contributed by atoms with E-state index in [9.17, 15) is 4.79 Å². The molecule has 1 N–H and O–H groups in total. The molecule has 17 heavy (non-hydrogen) atoms. The van der Waals surface area contributed by atoms with Gasteiger partial charge in [-0.3, -0.25) is 9.78 Å². The first-order chi connectivity index (χ1) is 8.16. The van der Waals surface area contributed by atoms with E-state index < -0.39 is 5.97 Å². The highest BCUT2D eigenvalue weighted by molar-refractivity contribution is 7.99. The van der Waals surface area contributed by atoms with E-state index in [-0.39, 0.29) is 6.42 Å². The summed E-state index contributed by atoms with van der Waals surface area (Å²) in [6.45, 7) is 0. The largest absolute Gasteiger partial charge is 0.481 e. The molecule has 0 amide bonds. The second-order valence-electron chi connectivity index (χ2n) is 3.46. The van der Waals surface area contributed by atoms with E-state index in [1.807, 2.05) is 18.2 Å². The van der Waals surface area contributed by atoms with E-state index in [0.717, 1.165) is 15.8 Å². The molecule has 0 atom stereocenters. The van der Waals surface area contributed by atoms with Crippen LogP contribution in [-0.4, -0.2) is 21.8 Å².